The Morgan fingerprint density at radius 3 is 2.35 bits per heavy atom. The first-order valence-electron chi connectivity index (χ1n) is 5.36. The van der Waals surface area contributed by atoms with Crippen LogP contribution in [0.2, 0.25) is 0 Å². The monoisotopic (exact) mass is 278 g/mol. The van der Waals surface area contributed by atoms with Crippen molar-refractivity contribution in [1.29, 1.82) is 0 Å². The number of benzene rings is 1. The fourth-order valence-corrected chi connectivity index (χ4v) is 1.84. The molecule has 4 nitrogen and oxygen atoms in total. The largest absolute Gasteiger partial charge is 0.311 e. The fourth-order valence-electron chi connectivity index (χ4n) is 1.23. The van der Waals surface area contributed by atoms with E-state index in [9.17, 15) is 8.42 Å². The first-order chi connectivity index (χ1) is 7.64. The highest BCUT2D eigenvalue weighted by molar-refractivity contribution is 7.89. The Bertz CT molecular complexity index is 395. The van der Waals surface area contributed by atoms with E-state index in [-0.39, 0.29) is 18.2 Å². The normalized spacial score (nSPS) is 10.9. The summed E-state index contributed by atoms with van der Waals surface area (Å²) in [6, 6.07) is 10.00. The maximum Gasteiger partial charge on any atom is 0.211 e. The van der Waals surface area contributed by atoms with Crippen LogP contribution in [0.3, 0.4) is 0 Å². The van der Waals surface area contributed by atoms with E-state index < -0.39 is 10.0 Å². The Hall–Kier alpha value is -0.620. The summed E-state index contributed by atoms with van der Waals surface area (Å²) in [6.45, 7) is 3.45. The van der Waals surface area contributed by atoms with Crippen LogP contribution in [0.5, 0.6) is 0 Å². The van der Waals surface area contributed by atoms with Crippen LogP contribution in [-0.2, 0) is 16.6 Å². The van der Waals surface area contributed by atoms with Crippen LogP contribution in [0.1, 0.15) is 12.5 Å². The molecule has 0 spiro atoms. The molecule has 0 saturated heterocycles. The molecule has 1 aromatic carbocycles. The molecular formula is C11H19ClN2O2S. The minimum atomic E-state index is -3.05. The highest BCUT2D eigenvalue weighted by Crippen LogP contribution is 1.96. The van der Waals surface area contributed by atoms with Gasteiger partial charge in [0.2, 0.25) is 10.0 Å². The second-order valence-corrected chi connectivity index (χ2v) is 5.56. The predicted molar refractivity (Wildman–Crippen MR) is 72.9 cm³/mol. The summed E-state index contributed by atoms with van der Waals surface area (Å²) in [5.74, 6) is 0.131. The molecule has 0 fully saturated rings. The summed E-state index contributed by atoms with van der Waals surface area (Å²) in [7, 11) is -3.05. The molecular weight excluding hydrogens is 260 g/mol. The number of hydrogen-bond donors (Lipinski definition) is 2. The second-order valence-electron chi connectivity index (χ2n) is 3.46. The van der Waals surface area contributed by atoms with Crippen molar-refractivity contribution in [3.8, 4) is 0 Å². The molecule has 0 aliphatic carbocycles. The van der Waals surface area contributed by atoms with Gasteiger partial charge in [0.1, 0.15) is 0 Å². The molecule has 0 unspecified atom stereocenters. The standard InChI is InChI=1S/C11H18N2O2S.ClH/c1-2-16(14,15)13-9-8-12-10-11-6-4-3-5-7-11;/h3-7,12-13H,2,8-10H2,1H3;1H. The Balaban J connectivity index is 0.00000256. The number of nitrogens with one attached hydrogen (secondary N) is 2. The lowest BCUT2D eigenvalue weighted by atomic mass is 10.2. The van der Waals surface area contributed by atoms with Gasteiger partial charge in [-0.1, -0.05) is 30.3 Å². The zero-order chi connectivity index (χ0) is 11.9. The van der Waals surface area contributed by atoms with Crippen LogP contribution >= 0.6 is 12.4 Å². The van der Waals surface area contributed by atoms with Crippen LogP contribution in [0, 0.1) is 0 Å². The lowest BCUT2D eigenvalue weighted by Crippen LogP contribution is -2.32. The first-order valence-corrected chi connectivity index (χ1v) is 7.01. The third kappa shape index (κ3) is 7.33. The SMILES string of the molecule is CCS(=O)(=O)NCCNCc1ccccc1.Cl. The summed E-state index contributed by atoms with van der Waals surface area (Å²) in [6.07, 6.45) is 0. The van der Waals surface area contributed by atoms with Gasteiger partial charge in [-0.25, -0.2) is 13.1 Å². The Morgan fingerprint density at radius 1 is 1.12 bits per heavy atom. The smallest absolute Gasteiger partial charge is 0.211 e. The fraction of sp³-hybridized carbons (Fsp3) is 0.455. The van der Waals surface area contributed by atoms with Crippen molar-refractivity contribution in [2.75, 3.05) is 18.8 Å². The van der Waals surface area contributed by atoms with Crippen molar-refractivity contribution < 1.29 is 8.42 Å². The van der Waals surface area contributed by atoms with Crippen molar-refractivity contribution in [1.82, 2.24) is 10.0 Å². The lowest BCUT2D eigenvalue weighted by Gasteiger charge is -2.06. The molecule has 17 heavy (non-hydrogen) atoms. The van der Waals surface area contributed by atoms with Gasteiger partial charge in [-0.15, -0.1) is 12.4 Å². The molecule has 0 aromatic heterocycles. The molecule has 0 radical (unpaired) electrons. The lowest BCUT2D eigenvalue weighted by molar-refractivity contribution is 0.577. The van der Waals surface area contributed by atoms with E-state index in [1.54, 1.807) is 6.92 Å². The van der Waals surface area contributed by atoms with Gasteiger partial charge in [0.05, 0.1) is 5.75 Å². The van der Waals surface area contributed by atoms with Gasteiger partial charge in [-0.3, -0.25) is 0 Å². The number of sulfonamides is 1. The van der Waals surface area contributed by atoms with Gasteiger partial charge in [0, 0.05) is 19.6 Å². The molecule has 2 N–H and O–H groups in total. The van der Waals surface area contributed by atoms with Gasteiger partial charge < -0.3 is 5.32 Å². The maximum absolute atomic E-state index is 11.1. The molecule has 0 amide bonds. The highest BCUT2D eigenvalue weighted by atomic mass is 35.5. The summed E-state index contributed by atoms with van der Waals surface area (Å²) < 4.78 is 24.7. The van der Waals surface area contributed by atoms with Crippen molar-refractivity contribution in [3.63, 3.8) is 0 Å². The molecule has 0 aliphatic heterocycles. The van der Waals surface area contributed by atoms with E-state index in [4.69, 9.17) is 0 Å². The molecule has 1 aromatic rings. The van der Waals surface area contributed by atoms with E-state index in [0.29, 0.717) is 13.1 Å². The Labute approximate surface area is 109 Å². The average molecular weight is 279 g/mol. The van der Waals surface area contributed by atoms with Crippen LogP contribution in [-0.4, -0.2) is 27.3 Å². The molecule has 98 valence electrons. The topological polar surface area (TPSA) is 58.2 Å². The van der Waals surface area contributed by atoms with E-state index in [2.05, 4.69) is 10.0 Å². The molecule has 0 aliphatic rings. The molecule has 0 saturated carbocycles. The van der Waals surface area contributed by atoms with Crippen LogP contribution in [0.15, 0.2) is 30.3 Å². The van der Waals surface area contributed by atoms with Crippen LogP contribution < -0.4 is 10.0 Å². The van der Waals surface area contributed by atoms with Gasteiger partial charge >= 0.3 is 0 Å². The average Bonchev–Trinajstić information content (AvgIpc) is 2.30. The minimum absolute atomic E-state index is 0. The van der Waals surface area contributed by atoms with Gasteiger partial charge in [0.15, 0.2) is 0 Å². The van der Waals surface area contributed by atoms with Crippen molar-refractivity contribution in [2.24, 2.45) is 0 Å². The predicted octanol–water partition coefficient (Wildman–Crippen LogP) is 1.14. The highest BCUT2D eigenvalue weighted by Gasteiger charge is 2.03. The van der Waals surface area contributed by atoms with Gasteiger partial charge in [-0.2, -0.15) is 0 Å². The minimum Gasteiger partial charge on any atom is -0.311 e. The summed E-state index contributed by atoms with van der Waals surface area (Å²) >= 11 is 0. The van der Waals surface area contributed by atoms with E-state index in [0.717, 1.165) is 6.54 Å². The first kappa shape index (κ1) is 16.4. The van der Waals surface area contributed by atoms with Crippen molar-refractivity contribution in [3.05, 3.63) is 35.9 Å². The quantitative estimate of drug-likeness (QED) is 0.736. The number of hydrogen-bond acceptors (Lipinski definition) is 3. The number of rotatable bonds is 7. The molecule has 0 atom stereocenters. The summed E-state index contributed by atoms with van der Waals surface area (Å²) in [4.78, 5) is 0. The van der Waals surface area contributed by atoms with E-state index in [1.807, 2.05) is 30.3 Å². The molecule has 1 rings (SSSR count). The third-order valence-corrected chi connectivity index (χ3v) is 3.58. The molecule has 6 heteroatoms. The van der Waals surface area contributed by atoms with Gasteiger partial charge in [-0.05, 0) is 12.5 Å². The zero-order valence-corrected chi connectivity index (χ0v) is 11.5. The Morgan fingerprint density at radius 2 is 1.76 bits per heavy atom. The molecule has 0 heterocycles. The van der Waals surface area contributed by atoms with Crippen molar-refractivity contribution in [2.45, 2.75) is 13.5 Å². The third-order valence-electron chi connectivity index (χ3n) is 2.18. The maximum atomic E-state index is 11.1. The summed E-state index contributed by atoms with van der Waals surface area (Å²) in [5, 5.41) is 3.17. The van der Waals surface area contributed by atoms with Gasteiger partial charge in [0.25, 0.3) is 0 Å². The Kier molecular flexibility index (Phi) is 8.16. The number of halogens is 1. The van der Waals surface area contributed by atoms with Crippen LogP contribution in [0.4, 0.5) is 0 Å². The van der Waals surface area contributed by atoms with Crippen molar-refractivity contribution >= 4 is 22.4 Å². The van der Waals surface area contributed by atoms with E-state index in [1.165, 1.54) is 5.56 Å². The van der Waals surface area contributed by atoms with Crippen LogP contribution in [0.25, 0.3) is 0 Å². The zero-order valence-electron chi connectivity index (χ0n) is 9.85. The second kappa shape index (κ2) is 8.47. The molecule has 0 bridgehead atoms. The summed E-state index contributed by atoms with van der Waals surface area (Å²) in [5.41, 5.74) is 1.20. The van der Waals surface area contributed by atoms with E-state index >= 15 is 0 Å².